The summed E-state index contributed by atoms with van der Waals surface area (Å²) in [5.41, 5.74) is 3.11. The van der Waals surface area contributed by atoms with Gasteiger partial charge in [-0.3, -0.25) is 4.68 Å². The smallest absolute Gasteiger partial charge is 0.218 e. The van der Waals surface area contributed by atoms with Gasteiger partial charge in [0.25, 0.3) is 0 Å². The molecule has 2 aromatic rings. The van der Waals surface area contributed by atoms with Gasteiger partial charge >= 0.3 is 0 Å². The SMILES string of the molecule is Cc1ccccc1CS(=O)(=O)N1CCC(c2ccnn2C)CC1. The third kappa shape index (κ3) is 3.48. The monoisotopic (exact) mass is 333 g/mol. The van der Waals surface area contributed by atoms with Crippen LogP contribution in [-0.2, 0) is 22.8 Å². The van der Waals surface area contributed by atoms with Crippen LogP contribution in [0.5, 0.6) is 0 Å². The molecule has 0 N–H and O–H groups in total. The molecule has 3 rings (SSSR count). The molecular weight excluding hydrogens is 310 g/mol. The molecule has 0 spiro atoms. The van der Waals surface area contributed by atoms with Crippen molar-refractivity contribution in [3.05, 3.63) is 53.3 Å². The van der Waals surface area contributed by atoms with Crippen LogP contribution in [0.4, 0.5) is 0 Å². The van der Waals surface area contributed by atoms with Crippen molar-refractivity contribution < 1.29 is 8.42 Å². The van der Waals surface area contributed by atoms with Crippen molar-refractivity contribution in [3.8, 4) is 0 Å². The van der Waals surface area contributed by atoms with Crippen molar-refractivity contribution in [3.63, 3.8) is 0 Å². The van der Waals surface area contributed by atoms with Crippen LogP contribution in [0.25, 0.3) is 0 Å². The molecule has 1 aliphatic heterocycles. The zero-order valence-corrected chi connectivity index (χ0v) is 14.5. The molecule has 0 aliphatic carbocycles. The van der Waals surface area contributed by atoms with Gasteiger partial charge in [0.1, 0.15) is 0 Å². The third-order valence-electron chi connectivity index (χ3n) is 4.72. The summed E-state index contributed by atoms with van der Waals surface area (Å²) in [7, 11) is -1.31. The van der Waals surface area contributed by atoms with Crippen molar-refractivity contribution in [1.29, 1.82) is 0 Å². The summed E-state index contributed by atoms with van der Waals surface area (Å²) in [6, 6.07) is 9.72. The first-order valence-electron chi connectivity index (χ1n) is 7.97. The highest BCUT2D eigenvalue weighted by molar-refractivity contribution is 7.88. The highest BCUT2D eigenvalue weighted by Crippen LogP contribution is 2.29. The number of aromatic nitrogens is 2. The Morgan fingerprint density at radius 3 is 2.48 bits per heavy atom. The van der Waals surface area contributed by atoms with E-state index in [9.17, 15) is 8.42 Å². The van der Waals surface area contributed by atoms with Crippen LogP contribution in [-0.4, -0.2) is 35.6 Å². The molecular formula is C17H23N3O2S. The minimum atomic E-state index is -3.25. The summed E-state index contributed by atoms with van der Waals surface area (Å²) in [6.45, 7) is 3.13. The quantitative estimate of drug-likeness (QED) is 0.863. The second kappa shape index (κ2) is 6.45. The first kappa shape index (κ1) is 16.2. The standard InChI is InChI=1S/C17H23N3O2S/c1-14-5-3-4-6-16(14)13-23(21,22)20-11-8-15(9-12-20)17-7-10-18-19(17)2/h3-7,10,15H,8-9,11-13H2,1-2H3. The number of rotatable bonds is 4. The van der Waals surface area contributed by atoms with Gasteiger partial charge in [-0.1, -0.05) is 24.3 Å². The van der Waals surface area contributed by atoms with E-state index in [0.717, 1.165) is 24.0 Å². The summed E-state index contributed by atoms with van der Waals surface area (Å²) in [5, 5.41) is 4.21. The fourth-order valence-corrected chi connectivity index (χ4v) is 4.94. The first-order chi connectivity index (χ1) is 11.0. The van der Waals surface area contributed by atoms with Crippen LogP contribution in [0.1, 0.15) is 35.6 Å². The summed E-state index contributed by atoms with van der Waals surface area (Å²) < 4.78 is 28.9. The molecule has 0 saturated carbocycles. The van der Waals surface area contributed by atoms with Gasteiger partial charge in [-0.2, -0.15) is 5.10 Å². The van der Waals surface area contributed by atoms with Crippen molar-refractivity contribution in [2.24, 2.45) is 7.05 Å². The minimum absolute atomic E-state index is 0.0933. The van der Waals surface area contributed by atoms with E-state index < -0.39 is 10.0 Å². The number of hydrogen-bond acceptors (Lipinski definition) is 3. The zero-order chi connectivity index (χ0) is 16.4. The average molecular weight is 333 g/mol. The van der Waals surface area contributed by atoms with Crippen LogP contribution in [0.15, 0.2) is 36.5 Å². The minimum Gasteiger partial charge on any atom is -0.272 e. The first-order valence-corrected chi connectivity index (χ1v) is 9.58. The van der Waals surface area contributed by atoms with Gasteiger partial charge in [0.15, 0.2) is 0 Å². The Morgan fingerprint density at radius 2 is 1.87 bits per heavy atom. The van der Waals surface area contributed by atoms with E-state index in [1.54, 1.807) is 10.5 Å². The van der Waals surface area contributed by atoms with Gasteiger partial charge in [0.05, 0.1) is 5.75 Å². The number of sulfonamides is 1. The van der Waals surface area contributed by atoms with Crippen LogP contribution in [0, 0.1) is 6.92 Å². The Hall–Kier alpha value is -1.66. The van der Waals surface area contributed by atoms with Gasteiger partial charge in [-0.15, -0.1) is 0 Å². The van der Waals surface area contributed by atoms with Gasteiger partial charge < -0.3 is 0 Å². The predicted molar refractivity (Wildman–Crippen MR) is 90.6 cm³/mol. The van der Waals surface area contributed by atoms with E-state index in [0.29, 0.717) is 19.0 Å². The van der Waals surface area contributed by atoms with E-state index in [1.165, 1.54) is 5.69 Å². The highest BCUT2D eigenvalue weighted by atomic mass is 32.2. The molecule has 0 amide bonds. The summed E-state index contributed by atoms with van der Waals surface area (Å²) in [6.07, 6.45) is 3.51. The maximum Gasteiger partial charge on any atom is 0.218 e. The molecule has 1 fully saturated rings. The van der Waals surface area contributed by atoms with E-state index in [-0.39, 0.29) is 5.75 Å². The Bertz CT molecular complexity index is 775. The normalized spacial score (nSPS) is 17.5. The van der Waals surface area contributed by atoms with Crippen molar-refractivity contribution in [1.82, 2.24) is 14.1 Å². The lowest BCUT2D eigenvalue weighted by molar-refractivity contribution is 0.312. The lowest BCUT2D eigenvalue weighted by Crippen LogP contribution is -2.38. The fraction of sp³-hybridized carbons (Fsp3) is 0.471. The van der Waals surface area contributed by atoms with Crippen LogP contribution in [0.2, 0.25) is 0 Å². The van der Waals surface area contributed by atoms with Crippen LogP contribution >= 0.6 is 0 Å². The molecule has 5 nitrogen and oxygen atoms in total. The molecule has 1 aromatic heterocycles. The second-order valence-corrected chi connectivity index (χ2v) is 8.20. The highest BCUT2D eigenvalue weighted by Gasteiger charge is 2.29. The number of hydrogen-bond donors (Lipinski definition) is 0. The largest absolute Gasteiger partial charge is 0.272 e. The summed E-state index contributed by atoms with van der Waals surface area (Å²) >= 11 is 0. The van der Waals surface area contributed by atoms with E-state index >= 15 is 0 Å². The maximum absolute atomic E-state index is 12.7. The molecule has 1 aromatic carbocycles. The average Bonchev–Trinajstić information content (AvgIpc) is 2.96. The van der Waals surface area contributed by atoms with Crippen LogP contribution in [0.3, 0.4) is 0 Å². The molecule has 124 valence electrons. The molecule has 6 heteroatoms. The molecule has 1 saturated heterocycles. The Labute approximate surface area is 138 Å². The fourth-order valence-electron chi connectivity index (χ4n) is 3.27. The van der Waals surface area contributed by atoms with Crippen molar-refractivity contribution >= 4 is 10.0 Å². The van der Waals surface area contributed by atoms with E-state index in [2.05, 4.69) is 5.10 Å². The lowest BCUT2D eigenvalue weighted by Gasteiger charge is -2.31. The Morgan fingerprint density at radius 1 is 1.17 bits per heavy atom. The Kier molecular flexibility index (Phi) is 4.55. The van der Waals surface area contributed by atoms with Crippen molar-refractivity contribution in [2.75, 3.05) is 13.1 Å². The van der Waals surface area contributed by atoms with Gasteiger partial charge in [-0.25, -0.2) is 12.7 Å². The number of aryl methyl sites for hydroxylation is 2. The van der Waals surface area contributed by atoms with Gasteiger partial charge in [0.2, 0.25) is 10.0 Å². The second-order valence-electron chi connectivity index (χ2n) is 6.24. The Balaban J connectivity index is 1.67. The van der Waals surface area contributed by atoms with E-state index in [4.69, 9.17) is 0 Å². The third-order valence-corrected chi connectivity index (χ3v) is 6.55. The summed E-state index contributed by atoms with van der Waals surface area (Å²) in [5.74, 6) is 0.489. The summed E-state index contributed by atoms with van der Waals surface area (Å²) in [4.78, 5) is 0. The maximum atomic E-state index is 12.7. The molecule has 23 heavy (non-hydrogen) atoms. The molecule has 0 atom stereocenters. The number of piperidine rings is 1. The molecule has 0 unspecified atom stereocenters. The van der Waals surface area contributed by atoms with Crippen LogP contribution < -0.4 is 0 Å². The van der Waals surface area contributed by atoms with E-state index in [1.807, 2.05) is 49.0 Å². The number of benzene rings is 1. The lowest BCUT2D eigenvalue weighted by atomic mass is 9.95. The molecule has 0 radical (unpaired) electrons. The molecule has 2 heterocycles. The predicted octanol–water partition coefficient (Wildman–Crippen LogP) is 2.44. The molecule has 1 aliphatic rings. The molecule has 0 bridgehead atoms. The number of nitrogens with zero attached hydrogens (tertiary/aromatic N) is 3. The van der Waals surface area contributed by atoms with Gasteiger partial charge in [0, 0.05) is 37.9 Å². The van der Waals surface area contributed by atoms with Crippen molar-refractivity contribution in [2.45, 2.75) is 31.4 Å². The zero-order valence-electron chi connectivity index (χ0n) is 13.6. The van der Waals surface area contributed by atoms with Gasteiger partial charge in [-0.05, 0) is 37.0 Å². The topological polar surface area (TPSA) is 55.2 Å².